The van der Waals surface area contributed by atoms with E-state index in [1.807, 2.05) is 17.7 Å². The molecule has 0 bridgehead atoms. The number of amides is 1. The van der Waals surface area contributed by atoms with Crippen LogP contribution in [0, 0.1) is 6.92 Å². The van der Waals surface area contributed by atoms with Gasteiger partial charge in [-0.25, -0.2) is 4.68 Å². The number of hydrogen-bond acceptors (Lipinski definition) is 7. The van der Waals surface area contributed by atoms with Gasteiger partial charge in [-0.1, -0.05) is 18.7 Å². The third-order valence-electron chi connectivity index (χ3n) is 5.36. The van der Waals surface area contributed by atoms with Gasteiger partial charge in [-0.15, -0.1) is 5.10 Å². The first-order valence-corrected chi connectivity index (χ1v) is 10.9. The van der Waals surface area contributed by atoms with E-state index in [1.165, 1.54) is 17.4 Å². The number of aromatic nitrogens is 4. The molecule has 1 aromatic carbocycles. The molecule has 28 heavy (non-hydrogen) atoms. The average molecular weight is 402 g/mol. The summed E-state index contributed by atoms with van der Waals surface area (Å²) in [5, 5.41) is 15.5. The van der Waals surface area contributed by atoms with Crippen LogP contribution in [0.1, 0.15) is 31.4 Å². The zero-order valence-electron chi connectivity index (χ0n) is 16.5. The molecule has 9 heteroatoms. The Hall–Kier alpha value is -2.13. The van der Waals surface area contributed by atoms with Crippen LogP contribution in [0.5, 0.6) is 0 Å². The van der Waals surface area contributed by atoms with Crippen LogP contribution in [-0.4, -0.2) is 69.5 Å². The molecule has 1 aliphatic heterocycles. The van der Waals surface area contributed by atoms with Crippen LogP contribution in [-0.2, 0) is 4.79 Å². The maximum absolute atomic E-state index is 12.4. The molecule has 0 spiro atoms. The zero-order valence-corrected chi connectivity index (χ0v) is 17.3. The van der Waals surface area contributed by atoms with Crippen molar-refractivity contribution in [2.45, 2.75) is 37.9 Å². The summed E-state index contributed by atoms with van der Waals surface area (Å²) in [7, 11) is 0. The van der Waals surface area contributed by atoms with Crippen molar-refractivity contribution in [3.05, 3.63) is 23.8 Å². The molecular weight excluding hydrogens is 374 g/mol. The van der Waals surface area contributed by atoms with E-state index in [1.54, 1.807) is 0 Å². The van der Waals surface area contributed by atoms with Crippen LogP contribution >= 0.6 is 11.8 Å². The van der Waals surface area contributed by atoms with Gasteiger partial charge in [0.05, 0.1) is 11.8 Å². The molecule has 1 N–H and O–H groups in total. The molecule has 0 radical (unpaired) electrons. The lowest BCUT2D eigenvalue weighted by Crippen LogP contribution is -2.46. The first-order valence-electron chi connectivity index (χ1n) is 9.92. The third kappa shape index (κ3) is 4.47. The maximum Gasteiger partial charge on any atom is 0.234 e. The maximum atomic E-state index is 12.4. The predicted octanol–water partition coefficient (Wildman–Crippen LogP) is 2.19. The second-order valence-corrected chi connectivity index (χ2v) is 8.34. The number of likely N-dealkylation sites (N-methyl/N-ethyl adjacent to an activating group) is 1. The lowest BCUT2D eigenvalue weighted by Gasteiger charge is -2.35. The molecular formula is C19H27N7OS. The number of tetrazole rings is 1. The van der Waals surface area contributed by atoms with E-state index < -0.39 is 0 Å². The van der Waals surface area contributed by atoms with E-state index in [9.17, 15) is 4.79 Å². The summed E-state index contributed by atoms with van der Waals surface area (Å²) in [6.07, 6.45) is 2.23. The average Bonchev–Trinajstić information content (AvgIpc) is 3.45. The van der Waals surface area contributed by atoms with E-state index in [0.29, 0.717) is 11.8 Å². The van der Waals surface area contributed by atoms with Gasteiger partial charge in [0.15, 0.2) is 0 Å². The topological polar surface area (TPSA) is 79.2 Å². The van der Waals surface area contributed by atoms with E-state index in [4.69, 9.17) is 0 Å². The number of thioether (sulfide) groups is 1. The van der Waals surface area contributed by atoms with E-state index >= 15 is 0 Å². The molecule has 1 saturated carbocycles. The van der Waals surface area contributed by atoms with Gasteiger partial charge >= 0.3 is 0 Å². The van der Waals surface area contributed by atoms with Crippen molar-refractivity contribution in [1.29, 1.82) is 0 Å². The fourth-order valence-electron chi connectivity index (χ4n) is 3.45. The Morgan fingerprint density at radius 2 is 2.04 bits per heavy atom. The van der Waals surface area contributed by atoms with Gasteiger partial charge in [0, 0.05) is 37.6 Å². The van der Waals surface area contributed by atoms with Crippen molar-refractivity contribution in [1.82, 2.24) is 25.1 Å². The van der Waals surface area contributed by atoms with Crippen LogP contribution in [0.4, 0.5) is 11.4 Å². The number of piperazine rings is 1. The van der Waals surface area contributed by atoms with Gasteiger partial charge in [-0.3, -0.25) is 4.79 Å². The highest BCUT2D eigenvalue weighted by Gasteiger charge is 2.28. The second-order valence-electron chi connectivity index (χ2n) is 7.39. The van der Waals surface area contributed by atoms with Crippen molar-refractivity contribution in [2.75, 3.05) is 48.7 Å². The molecule has 2 fully saturated rings. The number of aryl methyl sites for hydroxylation is 1. The van der Waals surface area contributed by atoms with Crippen LogP contribution in [0.3, 0.4) is 0 Å². The summed E-state index contributed by atoms with van der Waals surface area (Å²) in [6, 6.07) is 6.69. The Balaban J connectivity index is 1.31. The number of benzene rings is 1. The minimum atomic E-state index is -0.0391. The lowest BCUT2D eigenvalue weighted by molar-refractivity contribution is -0.113. The minimum absolute atomic E-state index is 0.0391. The molecule has 2 heterocycles. The number of rotatable bonds is 7. The standard InChI is InChI=1S/C19H27N7OS/c1-3-24-8-10-25(11-9-24)16-6-7-17(14(2)12-16)20-18(27)13-28-19-21-22-23-26(19)15-4-5-15/h6-7,12,15H,3-5,8-11,13H2,1-2H3,(H,20,27). The van der Waals surface area contributed by atoms with E-state index in [0.717, 1.165) is 62.0 Å². The number of nitrogens with one attached hydrogen (secondary N) is 1. The predicted molar refractivity (Wildman–Crippen MR) is 111 cm³/mol. The van der Waals surface area contributed by atoms with E-state index in [-0.39, 0.29) is 5.91 Å². The Labute approximate surface area is 169 Å². The van der Waals surface area contributed by atoms with Crippen molar-refractivity contribution in [3.8, 4) is 0 Å². The van der Waals surface area contributed by atoms with Crippen LogP contribution in [0.15, 0.2) is 23.4 Å². The molecule has 1 saturated heterocycles. The largest absolute Gasteiger partial charge is 0.369 e. The van der Waals surface area contributed by atoms with E-state index in [2.05, 4.69) is 49.7 Å². The van der Waals surface area contributed by atoms with Crippen molar-refractivity contribution < 1.29 is 4.79 Å². The lowest BCUT2D eigenvalue weighted by atomic mass is 10.1. The smallest absolute Gasteiger partial charge is 0.234 e. The summed E-state index contributed by atoms with van der Waals surface area (Å²) in [5.41, 5.74) is 3.17. The molecule has 4 rings (SSSR count). The number of hydrogen-bond donors (Lipinski definition) is 1. The Kier molecular flexibility index (Phi) is 5.82. The molecule has 0 unspecified atom stereocenters. The number of carbonyl (C=O) groups excluding carboxylic acids is 1. The van der Waals surface area contributed by atoms with Gasteiger partial charge in [0.2, 0.25) is 11.1 Å². The first-order chi connectivity index (χ1) is 13.6. The molecule has 150 valence electrons. The fourth-order valence-corrected chi connectivity index (χ4v) is 4.20. The highest BCUT2D eigenvalue weighted by molar-refractivity contribution is 7.99. The third-order valence-corrected chi connectivity index (χ3v) is 6.29. The summed E-state index contributed by atoms with van der Waals surface area (Å²) < 4.78 is 1.83. The Morgan fingerprint density at radius 1 is 1.25 bits per heavy atom. The SMILES string of the molecule is CCN1CCN(c2ccc(NC(=O)CSc3nnnn3C3CC3)c(C)c2)CC1. The number of carbonyl (C=O) groups is 1. The van der Waals surface area contributed by atoms with Crippen molar-refractivity contribution in [2.24, 2.45) is 0 Å². The van der Waals surface area contributed by atoms with Gasteiger partial charge < -0.3 is 15.1 Å². The van der Waals surface area contributed by atoms with Crippen LogP contribution in [0.2, 0.25) is 0 Å². The summed E-state index contributed by atoms with van der Waals surface area (Å²) in [5.74, 6) is 0.260. The zero-order chi connectivity index (χ0) is 19.5. The molecule has 2 aliphatic rings. The molecule has 1 aromatic heterocycles. The minimum Gasteiger partial charge on any atom is -0.369 e. The molecule has 1 aliphatic carbocycles. The van der Waals surface area contributed by atoms with Gasteiger partial charge in [0.25, 0.3) is 0 Å². The van der Waals surface area contributed by atoms with Gasteiger partial charge in [-0.05, 0) is 60.5 Å². The normalized spacial score (nSPS) is 17.7. The first kappa shape index (κ1) is 19.2. The van der Waals surface area contributed by atoms with Crippen LogP contribution < -0.4 is 10.2 Å². The quantitative estimate of drug-likeness (QED) is 0.713. The summed E-state index contributed by atoms with van der Waals surface area (Å²) in [6.45, 7) is 9.67. The van der Waals surface area contributed by atoms with Gasteiger partial charge in [-0.2, -0.15) is 0 Å². The molecule has 1 amide bonds. The molecule has 0 atom stereocenters. The fraction of sp³-hybridized carbons (Fsp3) is 0.579. The highest BCUT2D eigenvalue weighted by atomic mass is 32.2. The number of nitrogens with zero attached hydrogens (tertiary/aromatic N) is 6. The molecule has 2 aromatic rings. The van der Waals surface area contributed by atoms with Gasteiger partial charge in [0.1, 0.15) is 0 Å². The van der Waals surface area contributed by atoms with Crippen molar-refractivity contribution in [3.63, 3.8) is 0 Å². The Bertz CT molecular complexity index is 827. The summed E-state index contributed by atoms with van der Waals surface area (Å²) in [4.78, 5) is 17.3. The summed E-state index contributed by atoms with van der Waals surface area (Å²) >= 11 is 1.39. The monoisotopic (exact) mass is 401 g/mol. The Morgan fingerprint density at radius 3 is 2.71 bits per heavy atom. The highest BCUT2D eigenvalue weighted by Crippen LogP contribution is 2.36. The second kappa shape index (κ2) is 8.48. The van der Waals surface area contributed by atoms with Crippen molar-refractivity contribution >= 4 is 29.0 Å². The molecule has 8 nitrogen and oxygen atoms in total. The van der Waals surface area contributed by atoms with Crippen LogP contribution in [0.25, 0.3) is 0 Å². The number of anilines is 2.